The van der Waals surface area contributed by atoms with Crippen molar-refractivity contribution >= 4 is 9.84 Å². The Balaban J connectivity index is 1.98. The van der Waals surface area contributed by atoms with E-state index in [1.807, 2.05) is 25.1 Å². The summed E-state index contributed by atoms with van der Waals surface area (Å²) in [5, 5.41) is 0. The van der Waals surface area contributed by atoms with Gasteiger partial charge in [-0.1, -0.05) is 24.3 Å². The first-order valence-electron chi connectivity index (χ1n) is 8.17. The summed E-state index contributed by atoms with van der Waals surface area (Å²) in [5.74, 6) is 0.451. The van der Waals surface area contributed by atoms with Gasteiger partial charge in [0.05, 0.1) is 9.79 Å². The highest BCUT2D eigenvalue weighted by molar-refractivity contribution is 7.91. The van der Waals surface area contributed by atoms with Crippen LogP contribution >= 0.6 is 0 Å². The first-order valence-corrected chi connectivity index (χ1v) is 9.65. The zero-order chi connectivity index (χ0) is 16.4. The lowest BCUT2D eigenvalue weighted by Crippen LogP contribution is -2.21. The summed E-state index contributed by atoms with van der Waals surface area (Å²) in [6, 6.07) is 14.4. The maximum atomic E-state index is 12.8. The molecule has 0 amide bonds. The Morgan fingerprint density at radius 3 is 2.57 bits per heavy atom. The van der Waals surface area contributed by atoms with E-state index in [-0.39, 0.29) is 6.04 Å². The van der Waals surface area contributed by atoms with Crippen LogP contribution in [0, 0.1) is 0 Å². The molecule has 2 N–H and O–H groups in total. The van der Waals surface area contributed by atoms with Crippen molar-refractivity contribution in [2.75, 3.05) is 0 Å². The first kappa shape index (κ1) is 16.2. The summed E-state index contributed by atoms with van der Waals surface area (Å²) in [6.07, 6.45) is 4.14. The third-order valence-corrected chi connectivity index (χ3v) is 6.34. The van der Waals surface area contributed by atoms with Gasteiger partial charge in [-0.2, -0.15) is 0 Å². The van der Waals surface area contributed by atoms with E-state index < -0.39 is 9.84 Å². The summed E-state index contributed by atoms with van der Waals surface area (Å²) in [6.45, 7) is 2.03. The maximum absolute atomic E-state index is 12.8. The van der Waals surface area contributed by atoms with Crippen LogP contribution in [0.3, 0.4) is 0 Å². The number of sulfone groups is 1. The molecule has 122 valence electrons. The summed E-state index contributed by atoms with van der Waals surface area (Å²) in [5.41, 5.74) is 8.40. The van der Waals surface area contributed by atoms with E-state index in [1.165, 1.54) is 11.1 Å². The molecule has 2 atom stereocenters. The van der Waals surface area contributed by atoms with Gasteiger partial charge in [0, 0.05) is 6.04 Å². The van der Waals surface area contributed by atoms with Crippen LogP contribution in [0.15, 0.2) is 58.3 Å². The molecule has 0 aliphatic heterocycles. The van der Waals surface area contributed by atoms with Crippen LogP contribution < -0.4 is 5.73 Å². The zero-order valence-electron chi connectivity index (χ0n) is 13.4. The molecule has 0 heterocycles. The van der Waals surface area contributed by atoms with Gasteiger partial charge in [-0.3, -0.25) is 0 Å². The second-order valence-electron chi connectivity index (χ2n) is 6.48. The molecule has 0 bridgehead atoms. The minimum absolute atomic E-state index is 0.165. The predicted molar refractivity (Wildman–Crippen MR) is 92.3 cm³/mol. The van der Waals surface area contributed by atoms with Gasteiger partial charge in [-0.05, 0) is 73.9 Å². The molecule has 1 aliphatic rings. The van der Waals surface area contributed by atoms with Gasteiger partial charge in [0.25, 0.3) is 0 Å². The number of benzene rings is 2. The maximum Gasteiger partial charge on any atom is 0.206 e. The third-order valence-electron chi connectivity index (χ3n) is 4.57. The quantitative estimate of drug-likeness (QED) is 0.931. The summed E-state index contributed by atoms with van der Waals surface area (Å²) in [7, 11) is -3.44. The Hall–Kier alpha value is -1.65. The van der Waals surface area contributed by atoms with Crippen molar-refractivity contribution in [3.63, 3.8) is 0 Å². The second-order valence-corrected chi connectivity index (χ2v) is 8.43. The standard InChI is InChI=1S/C19H23NO2S/c1-14(20)12-15-6-5-7-16-13-18(10-11-19(15)16)23(21,22)17-8-3-2-4-9-17/h2-4,8-11,13-15H,5-7,12,20H2,1H3/t14?,15-/m1/s1. The normalized spacial score (nSPS) is 19.1. The Kier molecular flexibility index (Phi) is 4.55. The van der Waals surface area contributed by atoms with Crippen LogP contribution in [-0.4, -0.2) is 14.5 Å². The molecule has 0 fully saturated rings. The van der Waals surface area contributed by atoms with E-state index >= 15 is 0 Å². The van der Waals surface area contributed by atoms with Crippen LogP contribution in [0.1, 0.15) is 43.2 Å². The Morgan fingerprint density at radius 1 is 1.13 bits per heavy atom. The monoisotopic (exact) mass is 329 g/mol. The molecule has 0 saturated carbocycles. The molecule has 23 heavy (non-hydrogen) atoms. The van der Waals surface area contributed by atoms with Gasteiger partial charge < -0.3 is 5.73 Å². The number of nitrogens with two attached hydrogens (primary N) is 1. The lowest BCUT2D eigenvalue weighted by molar-refractivity contribution is 0.482. The van der Waals surface area contributed by atoms with E-state index in [2.05, 4.69) is 0 Å². The number of rotatable bonds is 4. The van der Waals surface area contributed by atoms with Gasteiger partial charge >= 0.3 is 0 Å². The van der Waals surface area contributed by atoms with E-state index in [9.17, 15) is 8.42 Å². The van der Waals surface area contributed by atoms with Gasteiger partial charge in [0.1, 0.15) is 0 Å². The number of hydrogen-bond donors (Lipinski definition) is 1. The van der Waals surface area contributed by atoms with Crippen LogP contribution in [0.25, 0.3) is 0 Å². The highest BCUT2D eigenvalue weighted by Crippen LogP contribution is 2.36. The van der Waals surface area contributed by atoms with Crippen LogP contribution in [0.5, 0.6) is 0 Å². The van der Waals surface area contributed by atoms with E-state index in [4.69, 9.17) is 5.73 Å². The van der Waals surface area contributed by atoms with Gasteiger partial charge in [-0.25, -0.2) is 8.42 Å². The van der Waals surface area contributed by atoms with E-state index in [0.29, 0.717) is 15.7 Å². The van der Waals surface area contributed by atoms with Crippen LogP contribution in [0.4, 0.5) is 0 Å². The van der Waals surface area contributed by atoms with Crippen molar-refractivity contribution in [3.8, 4) is 0 Å². The van der Waals surface area contributed by atoms with E-state index in [0.717, 1.165) is 25.7 Å². The number of aryl methyl sites for hydroxylation is 1. The largest absolute Gasteiger partial charge is 0.328 e. The molecular formula is C19H23NO2S. The molecule has 3 rings (SSSR count). The van der Waals surface area contributed by atoms with Crippen LogP contribution in [-0.2, 0) is 16.3 Å². The summed E-state index contributed by atoms with van der Waals surface area (Å²) in [4.78, 5) is 0.742. The summed E-state index contributed by atoms with van der Waals surface area (Å²) < 4.78 is 25.5. The molecule has 1 aliphatic carbocycles. The third kappa shape index (κ3) is 3.33. The van der Waals surface area contributed by atoms with Crippen molar-refractivity contribution in [3.05, 3.63) is 59.7 Å². The average molecular weight is 329 g/mol. The Bertz CT molecular complexity index is 782. The van der Waals surface area contributed by atoms with Crippen molar-refractivity contribution in [1.82, 2.24) is 0 Å². The highest BCUT2D eigenvalue weighted by atomic mass is 32.2. The predicted octanol–water partition coefficient (Wildman–Crippen LogP) is 3.68. The fraction of sp³-hybridized carbons (Fsp3) is 0.368. The molecular weight excluding hydrogens is 306 g/mol. The lowest BCUT2D eigenvalue weighted by Gasteiger charge is -2.27. The topological polar surface area (TPSA) is 60.2 Å². The fourth-order valence-electron chi connectivity index (χ4n) is 3.49. The number of hydrogen-bond acceptors (Lipinski definition) is 3. The lowest BCUT2D eigenvalue weighted by atomic mass is 9.80. The molecule has 0 saturated heterocycles. The number of fused-ring (bicyclic) bond motifs is 1. The SMILES string of the molecule is CC(N)C[C@H]1CCCc2cc(S(=O)(=O)c3ccccc3)ccc21. The smallest absolute Gasteiger partial charge is 0.206 e. The minimum Gasteiger partial charge on any atom is -0.328 e. The molecule has 2 aromatic rings. The van der Waals surface area contributed by atoms with Gasteiger partial charge in [0.15, 0.2) is 0 Å². The first-order chi connectivity index (χ1) is 11.0. The molecule has 0 aromatic heterocycles. The fourth-order valence-corrected chi connectivity index (χ4v) is 4.82. The molecule has 0 radical (unpaired) electrons. The summed E-state index contributed by atoms with van der Waals surface area (Å²) >= 11 is 0. The molecule has 0 spiro atoms. The molecule has 4 heteroatoms. The Labute approximate surface area is 138 Å². The highest BCUT2D eigenvalue weighted by Gasteiger charge is 2.24. The van der Waals surface area contributed by atoms with Crippen molar-refractivity contribution in [1.29, 1.82) is 0 Å². The van der Waals surface area contributed by atoms with Crippen LogP contribution in [0.2, 0.25) is 0 Å². The molecule has 3 nitrogen and oxygen atoms in total. The van der Waals surface area contributed by atoms with Crippen molar-refractivity contribution < 1.29 is 8.42 Å². The Morgan fingerprint density at radius 2 is 1.87 bits per heavy atom. The minimum atomic E-state index is -3.44. The van der Waals surface area contributed by atoms with Gasteiger partial charge in [-0.15, -0.1) is 0 Å². The van der Waals surface area contributed by atoms with Crippen molar-refractivity contribution in [2.24, 2.45) is 5.73 Å². The average Bonchev–Trinajstić information content (AvgIpc) is 2.55. The van der Waals surface area contributed by atoms with Gasteiger partial charge in [0.2, 0.25) is 9.84 Å². The second kappa shape index (κ2) is 6.46. The van der Waals surface area contributed by atoms with Crippen molar-refractivity contribution in [2.45, 2.75) is 54.4 Å². The molecule has 1 unspecified atom stereocenters. The van der Waals surface area contributed by atoms with E-state index in [1.54, 1.807) is 30.3 Å². The zero-order valence-corrected chi connectivity index (χ0v) is 14.2. The molecule has 2 aromatic carbocycles.